The van der Waals surface area contributed by atoms with Crippen LogP contribution in [-0.2, 0) is 13.1 Å². The molecule has 3 rings (SSSR count). The van der Waals surface area contributed by atoms with E-state index in [1.807, 2.05) is 6.07 Å². The van der Waals surface area contributed by atoms with E-state index in [1.54, 1.807) is 19.2 Å². The number of aliphatic imine (C=N–C) groups is 1. The van der Waals surface area contributed by atoms with Gasteiger partial charge < -0.3 is 10.6 Å². The molecule has 2 aromatic rings. The molecule has 1 saturated heterocycles. The van der Waals surface area contributed by atoms with Crippen LogP contribution in [0.1, 0.15) is 35.1 Å². The highest BCUT2D eigenvalue weighted by atomic mass is 19.1. The van der Waals surface area contributed by atoms with Gasteiger partial charge in [0.25, 0.3) is 0 Å². The van der Waals surface area contributed by atoms with Gasteiger partial charge in [-0.25, -0.2) is 4.39 Å². The molecule has 0 spiro atoms. The van der Waals surface area contributed by atoms with Gasteiger partial charge in [0.1, 0.15) is 5.82 Å². The Labute approximate surface area is 172 Å². The lowest BCUT2D eigenvalue weighted by Gasteiger charge is -2.33. The number of likely N-dealkylation sites (tertiary alicyclic amines) is 1. The minimum atomic E-state index is -0.378. The molecule has 2 aromatic carbocycles. The van der Waals surface area contributed by atoms with Crippen LogP contribution >= 0.6 is 0 Å². The van der Waals surface area contributed by atoms with Gasteiger partial charge in [-0.05, 0) is 43.0 Å². The number of nitrogens with zero attached hydrogens (tertiary/aromatic N) is 3. The van der Waals surface area contributed by atoms with E-state index in [2.05, 4.69) is 51.7 Å². The van der Waals surface area contributed by atoms with Crippen LogP contribution in [0.25, 0.3) is 0 Å². The van der Waals surface area contributed by atoms with Crippen molar-refractivity contribution in [3.8, 4) is 6.07 Å². The van der Waals surface area contributed by atoms with Crippen molar-refractivity contribution in [2.75, 3.05) is 20.1 Å². The zero-order valence-electron chi connectivity index (χ0n) is 17.1. The third kappa shape index (κ3) is 5.78. The Balaban J connectivity index is 1.46. The first kappa shape index (κ1) is 20.8. The summed E-state index contributed by atoms with van der Waals surface area (Å²) < 4.78 is 14.0. The van der Waals surface area contributed by atoms with E-state index in [0.717, 1.165) is 32.5 Å². The second-order valence-corrected chi connectivity index (χ2v) is 7.47. The monoisotopic (exact) mass is 393 g/mol. The highest BCUT2D eigenvalue weighted by Gasteiger charge is 2.20. The number of rotatable bonds is 5. The molecule has 0 radical (unpaired) electrons. The molecule has 5 nitrogen and oxygen atoms in total. The Kier molecular flexibility index (Phi) is 7.20. The fraction of sp³-hybridized carbons (Fsp3) is 0.391. The molecule has 6 heteroatoms. The van der Waals surface area contributed by atoms with Crippen molar-refractivity contribution >= 4 is 5.96 Å². The smallest absolute Gasteiger partial charge is 0.191 e. The molecule has 0 amide bonds. The normalized spacial score (nSPS) is 15.7. The molecular formula is C23H28FN5. The number of nitriles is 1. The maximum atomic E-state index is 14.0. The summed E-state index contributed by atoms with van der Waals surface area (Å²) in [5.74, 6) is 0.294. The second kappa shape index (κ2) is 10.0. The third-order valence-corrected chi connectivity index (χ3v) is 5.44. The number of benzene rings is 2. The fourth-order valence-electron chi connectivity index (χ4n) is 3.59. The van der Waals surface area contributed by atoms with Gasteiger partial charge in [-0.1, -0.05) is 30.3 Å². The standard InChI is InChI=1S/C23H28FN5/c1-17-5-3-4-6-20(17)16-29-11-9-21(10-12-29)28-23(26-2)27-15-19-8-7-18(14-25)13-22(19)24/h3-8,13,21H,9-12,15-16H2,1-2H3,(H2,26,27,28). The molecule has 1 heterocycles. The second-order valence-electron chi connectivity index (χ2n) is 7.47. The average molecular weight is 394 g/mol. The van der Waals surface area contributed by atoms with Crippen molar-refractivity contribution in [3.63, 3.8) is 0 Å². The molecule has 0 aromatic heterocycles. The van der Waals surface area contributed by atoms with E-state index in [-0.39, 0.29) is 5.82 Å². The predicted molar refractivity (Wildman–Crippen MR) is 114 cm³/mol. The molecule has 0 bridgehead atoms. The number of aryl methyl sites for hydroxylation is 1. The van der Waals surface area contributed by atoms with Gasteiger partial charge in [-0.15, -0.1) is 0 Å². The lowest BCUT2D eigenvalue weighted by atomic mass is 10.0. The van der Waals surface area contributed by atoms with E-state index in [4.69, 9.17) is 5.26 Å². The maximum absolute atomic E-state index is 14.0. The quantitative estimate of drug-likeness (QED) is 0.604. The summed E-state index contributed by atoms with van der Waals surface area (Å²) in [6.07, 6.45) is 2.08. The van der Waals surface area contributed by atoms with Gasteiger partial charge in [0.05, 0.1) is 11.6 Å². The SMILES string of the molecule is CN=C(NCc1ccc(C#N)cc1F)NC1CCN(Cc2ccccc2C)CC1. The van der Waals surface area contributed by atoms with Crippen molar-refractivity contribution in [1.82, 2.24) is 15.5 Å². The summed E-state index contributed by atoms with van der Waals surface area (Å²) in [5, 5.41) is 15.5. The van der Waals surface area contributed by atoms with Crippen molar-refractivity contribution in [2.24, 2.45) is 4.99 Å². The zero-order chi connectivity index (χ0) is 20.6. The van der Waals surface area contributed by atoms with Gasteiger partial charge >= 0.3 is 0 Å². The number of guanidine groups is 1. The van der Waals surface area contributed by atoms with Crippen molar-refractivity contribution in [2.45, 2.75) is 38.9 Å². The van der Waals surface area contributed by atoms with Crippen LogP contribution in [0.3, 0.4) is 0 Å². The molecule has 2 N–H and O–H groups in total. The number of hydrogen-bond acceptors (Lipinski definition) is 3. The van der Waals surface area contributed by atoms with Gasteiger partial charge in [0.2, 0.25) is 0 Å². The number of nitrogens with one attached hydrogen (secondary N) is 2. The van der Waals surface area contributed by atoms with E-state index in [0.29, 0.717) is 29.7 Å². The van der Waals surface area contributed by atoms with Crippen LogP contribution in [0.4, 0.5) is 4.39 Å². The van der Waals surface area contributed by atoms with Gasteiger partial charge in [0, 0.05) is 44.8 Å². The van der Waals surface area contributed by atoms with Crippen LogP contribution in [0.5, 0.6) is 0 Å². The van der Waals surface area contributed by atoms with E-state index in [9.17, 15) is 4.39 Å². The largest absolute Gasteiger partial charge is 0.354 e. The first-order chi connectivity index (χ1) is 14.1. The van der Waals surface area contributed by atoms with Crippen molar-refractivity contribution in [1.29, 1.82) is 5.26 Å². The first-order valence-electron chi connectivity index (χ1n) is 10.0. The zero-order valence-corrected chi connectivity index (χ0v) is 17.1. The van der Waals surface area contributed by atoms with Crippen molar-refractivity contribution in [3.05, 3.63) is 70.5 Å². The topological polar surface area (TPSA) is 63.5 Å². The maximum Gasteiger partial charge on any atom is 0.191 e. The van der Waals surface area contributed by atoms with Gasteiger partial charge in [-0.2, -0.15) is 5.26 Å². The summed E-state index contributed by atoms with van der Waals surface area (Å²) in [6, 6.07) is 15.4. The Bertz CT molecular complexity index is 894. The molecule has 152 valence electrons. The van der Waals surface area contributed by atoms with E-state index in [1.165, 1.54) is 17.2 Å². The summed E-state index contributed by atoms with van der Waals surface area (Å²) in [6.45, 7) is 5.55. The lowest BCUT2D eigenvalue weighted by Crippen LogP contribution is -2.48. The Morgan fingerprint density at radius 2 is 1.97 bits per heavy atom. The van der Waals surface area contributed by atoms with Crippen molar-refractivity contribution < 1.29 is 4.39 Å². The highest BCUT2D eigenvalue weighted by molar-refractivity contribution is 5.80. The van der Waals surface area contributed by atoms with Crippen LogP contribution in [0.15, 0.2) is 47.5 Å². The van der Waals surface area contributed by atoms with Crippen LogP contribution in [0, 0.1) is 24.1 Å². The number of halogens is 1. The molecule has 0 unspecified atom stereocenters. The molecule has 1 fully saturated rings. The highest BCUT2D eigenvalue weighted by Crippen LogP contribution is 2.16. The molecule has 0 aliphatic carbocycles. The Morgan fingerprint density at radius 1 is 1.21 bits per heavy atom. The Hall–Kier alpha value is -2.91. The molecule has 0 atom stereocenters. The minimum Gasteiger partial charge on any atom is -0.354 e. The summed E-state index contributed by atoms with van der Waals surface area (Å²) in [5.41, 5.74) is 3.57. The van der Waals surface area contributed by atoms with E-state index >= 15 is 0 Å². The third-order valence-electron chi connectivity index (χ3n) is 5.44. The number of hydrogen-bond donors (Lipinski definition) is 2. The fourth-order valence-corrected chi connectivity index (χ4v) is 3.59. The van der Waals surface area contributed by atoms with Gasteiger partial charge in [0.15, 0.2) is 5.96 Å². The number of piperidine rings is 1. The summed E-state index contributed by atoms with van der Waals surface area (Å²) in [4.78, 5) is 6.75. The first-order valence-corrected chi connectivity index (χ1v) is 10.0. The lowest BCUT2D eigenvalue weighted by molar-refractivity contribution is 0.198. The minimum absolute atomic E-state index is 0.323. The predicted octanol–water partition coefficient (Wildman–Crippen LogP) is 3.34. The molecule has 29 heavy (non-hydrogen) atoms. The summed E-state index contributed by atoms with van der Waals surface area (Å²) in [7, 11) is 1.72. The van der Waals surface area contributed by atoms with Crippen LogP contribution < -0.4 is 10.6 Å². The molecule has 0 saturated carbocycles. The van der Waals surface area contributed by atoms with Crippen LogP contribution in [0.2, 0.25) is 0 Å². The Morgan fingerprint density at radius 3 is 2.62 bits per heavy atom. The van der Waals surface area contributed by atoms with E-state index < -0.39 is 0 Å². The molecule has 1 aliphatic heterocycles. The van der Waals surface area contributed by atoms with Gasteiger partial charge in [-0.3, -0.25) is 9.89 Å². The molecule has 1 aliphatic rings. The average Bonchev–Trinajstić information content (AvgIpc) is 2.74. The molecular weight excluding hydrogens is 365 g/mol. The van der Waals surface area contributed by atoms with Crippen LogP contribution in [-0.4, -0.2) is 37.0 Å². The summed E-state index contributed by atoms with van der Waals surface area (Å²) >= 11 is 0.